The lowest BCUT2D eigenvalue weighted by molar-refractivity contribution is 0.373. The molecule has 0 saturated heterocycles. The number of nitrogens with zero attached hydrogens (tertiary/aromatic N) is 2. The second-order valence-corrected chi connectivity index (χ2v) is 5.02. The molecule has 0 atom stereocenters. The van der Waals surface area contributed by atoms with E-state index in [4.69, 9.17) is 10.5 Å². The van der Waals surface area contributed by atoms with E-state index in [0.29, 0.717) is 24.8 Å². The first kappa shape index (κ1) is 20.0. The molecule has 0 aliphatic carbocycles. The fourth-order valence-corrected chi connectivity index (χ4v) is 2.11. The van der Waals surface area contributed by atoms with Crippen molar-refractivity contribution in [3.63, 3.8) is 0 Å². The average Bonchev–Trinajstić information content (AvgIpc) is 2.57. The van der Waals surface area contributed by atoms with Gasteiger partial charge in [0.2, 0.25) is 0 Å². The monoisotopic (exact) mass is 442 g/mol. The van der Waals surface area contributed by atoms with Gasteiger partial charge in [0.05, 0.1) is 7.11 Å². The van der Waals surface area contributed by atoms with Gasteiger partial charge in [-0.15, -0.1) is 24.0 Å². The quantitative estimate of drug-likeness (QED) is 0.347. The van der Waals surface area contributed by atoms with E-state index < -0.39 is 0 Å². The maximum Gasteiger partial charge on any atom is 0.188 e. The predicted molar refractivity (Wildman–Crippen MR) is 106 cm³/mol. The molecule has 0 amide bonds. The van der Waals surface area contributed by atoms with Crippen molar-refractivity contribution in [3.05, 3.63) is 53.9 Å². The number of phenolic OH excluding ortho intramolecular Hbond substituents is 1. The van der Waals surface area contributed by atoms with Crippen LogP contribution in [0.15, 0.2) is 47.6 Å². The Morgan fingerprint density at radius 1 is 1.29 bits per heavy atom. The third-order valence-corrected chi connectivity index (χ3v) is 3.34. The lowest BCUT2D eigenvalue weighted by atomic mass is 10.1. The van der Waals surface area contributed by atoms with Crippen LogP contribution >= 0.6 is 24.0 Å². The summed E-state index contributed by atoms with van der Waals surface area (Å²) in [5.41, 5.74) is 7.89. The Morgan fingerprint density at radius 2 is 2.12 bits per heavy atom. The summed E-state index contributed by atoms with van der Waals surface area (Å²) in [5, 5.41) is 12.6. The zero-order chi connectivity index (χ0) is 16.5. The molecule has 0 aliphatic rings. The van der Waals surface area contributed by atoms with Gasteiger partial charge in [0.15, 0.2) is 17.5 Å². The first-order valence-corrected chi connectivity index (χ1v) is 7.48. The van der Waals surface area contributed by atoms with E-state index >= 15 is 0 Å². The number of rotatable bonds is 7. The van der Waals surface area contributed by atoms with Crippen LogP contribution in [0.1, 0.15) is 11.3 Å². The third-order valence-electron chi connectivity index (χ3n) is 3.34. The fourth-order valence-electron chi connectivity index (χ4n) is 2.11. The third kappa shape index (κ3) is 6.61. The minimum Gasteiger partial charge on any atom is -0.504 e. The van der Waals surface area contributed by atoms with Gasteiger partial charge in [0.25, 0.3) is 0 Å². The summed E-state index contributed by atoms with van der Waals surface area (Å²) < 4.78 is 5.08. The van der Waals surface area contributed by atoms with E-state index in [0.717, 1.165) is 24.1 Å². The van der Waals surface area contributed by atoms with Crippen molar-refractivity contribution >= 4 is 29.9 Å². The first-order valence-electron chi connectivity index (χ1n) is 7.48. The first-order chi connectivity index (χ1) is 11.2. The second-order valence-electron chi connectivity index (χ2n) is 5.02. The molecule has 0 unspecified atom stereocenters. The van der Waals surface area contributed by atoms with Crippen LogP contribution in [-0.4, -0.2) is 36.2 Å². The smallest absolute Gasteiger partial charge is 0.188 e. The zero-order valence-corrected chi connectivity index (χ0v) is 15.9. The fraction of sp³-hybridized carbons (Fsp3) is 0.294. The Kier molecular flexibility index (Phi) is 8.92. The highest BCUT2D eigenvalue weighted by Crippen LogP contribution is 2.26. The molecule has 1 aromatic carbocycles. The summed E-state index contributed by atoms with van der Waals surface area (Å²) in [5.74, 6) is 1.03. The molecule has 7 heteroatoms. The number of methoxy groups -OCH3 is 1. The normalized spacial score (nSPS) is 10.8. The molecule has 0 saturated carbocycles. The molecule has 6 nitrogen and oxygen atoms in total. The molecule has 24 heavy (non-hydrogen) atoms. The van der Waals surface area contributed by atoms with Gasteiger partial charge in [0.1, 0.15) is 0 Å². The molecule has 0 bridgehead atoms. The number of nitrogens with two attached hydrogens (primary N) is 1. The topological polar surface area (TPSA) is 92.8 Å². The van der Waals surface area contributed by atoms with Gasteiger partial charge in [-0.1, -0.05) is 12.1 Å². The summed E-state index contributed by atoms with van der Waals surface area (Å²) in [4.78, 5) is 8.52. The lowest BCUT2D eigenvalue weighted by Gasteiger charge is -2.08. The van der Waals surface area contributed by atoms with E-state index in [1.165, 1.54) is 7.11 Å². The largest absolute Gasteiger partial charge is 0.504 e. The van der Waals surface area contributed by atoms with Gasteiger partial charge in [-0.05, 0) is 36.2 Å². The van der Waals surface area contributed by atoms with E-state index in [1.54, 1.807) is 12.3 Å². The van der Waals surface area contributed by atoms with Crippen LogP contribution in [0.5, 0.6) is 11.5 Å². The minimum absolute atomic E-state index is 0. The molecular formula is C17H23IN4O2. The van der Waals surface area contributed by atoms with Crippen molar-refractivity contribution in [2.75, 3.05) is 20.2 Å². The van der Waals surface area contributed by atoms with Crippen LogP contribution in [0, 0.1) is 0 Å². The highest BCUT2D eigenvalue weighted by Gasteiger charge is 2.02. The molecular weight excluding hydrogens is 419 g/mol. The van der Waals surface area contributed by atoms with E-state index in [9.17, 15) is 5.11 Å². The van der Waals surface area contributed by atoms with Gasteiger partial charge in [-0.25, -0.2) is 0 Å². The number of guanidine groups is 1. The lowest BCUT2D eigenvalue weighted by Crippen LogP contribution is -2.33. The van der Waals surface area contributed by atoms with Crippen molar-refractivity contribution in [2.24, 2.45) is 10.7 Å². The van der Waals surface area contributed by atoms with E-state index in [2.05, 4.69) is 15.3 Å². The summed E-state index contributed by atoms with van der Waals surface area (Å²) in [6.07, 6.45) is 3.29. The van der Waals surface area contributed by atoms with Crippen LogP contribution in [-0.2, 0) is 12.8 Å². The highest BCUT2D eigenvalue weighted by atomic mass is 127. The number of aromatic hydroxyl groups is 1. The number of hydrogen-bond acceptors (Lipinski definition) is 4. The van der Waals surface area contributed by atoms with Crippen LogP contribution in [0.3, 0.4) is 0 Å². The number of ether oxygens (including phenoxy) is 1. The predicted octanol–water partition coefficient (Wildman–Crippen LogP) is 2.10. The summed E-state index contributed by atoms with van der Waals surface area (Å²) in [6.45, 7) is 1.26. The SMILES string of the molecule is COc1cc(CCNC(N)=NCCc2ccccn2)ccc1O.I. The van der Waals surface area contributed by atoms with Crippen LogP contribution < -0.4 is 15.8 Å². The Morgan fingerprint density at radius 3 is 2.83 bits per heavy atom. The maximum absolute atomic E-state index is 9.55. The van der Waals surface area contributed by atoms with Gasteiger partial charge >= 0.3 is 0 Å². The average molecular weight is 442 g/mol. The van der Waals surface area contributed by atoms with Crippen molar-refractivity contribution in [2.45, 2.75) is 12.8 Å². The van der Waals surface area contributed by atoms with Crippen molar-refractivity contribution < 1.29 is 9.84 Å². The molecule has 2 rings (SSSR count). The van der Waals surface area contributed by atoms with Crippen molar-refractivity contribution in [1.29, 1.82) is 0 Å². The molecule has 0 aliphatic heterocycles. The number of benzene rings is 1. The highest BCUT2D eigenvalue weighted by molar-refractivity contribution is 14.0. The number of halogens is 1. The molecule has 1 heterocycles. The van der Waals surface area contributed by atoms with Gasteiger partial charge < -0.3 is 20.9 Å². The van der Waals surface area contributed by atoms with Gasteiger partial charge in [-0.3, -0.25) is 9.98 Å². The number of hydrogen-bond donors (Lipinski definition) is 3. The number of pyridine rings is 1. The second kappa shape index (κ2) is 10.7. The summed E-state index contributed by atoms with van der Waals surface area (Å²) >= 11 is 0. The van der Waals surface area contributed by atoms with E-state index in [-0.39, 0.29) is 29.7 Å². The Hall–Kier alpha value is -2.03. The molecule has 2 aromatic rings. The summed E-state index contributed by atoms with van der Waals surface area (Å²) in [6, 6.07) is 11.1. The number of nitrogens with one attached hydrogen (secondary N) is 1. The molecule has 1 aromatic heterocycles. The molecule has 0 radical (unpaired) electrons. The maximum atomic E-state index is 9.55. The zero-order valence-electron chi connectivity index (χ0n) is 13.6. The Balaban J connectivity index is 0.00000288. The minimum atomic E-state index is 0. The van der Waals surface area contributed by atoms with E-state index in [1.807, 2.05) is 30.3 Å². The Labute approximate surface area is 159 Å². The molecule has 4 N–H and O–H groups in total. The number of phenols is 1. The molecule has 0 fully saturated rings. The number of aromatic nitrogens is 1. The Bertz CT molecular complexity index is 650. The van der Waals surface area contributed by atoms with Crippen LogP contribution in [0.25, 0.3) is 0 Å². The van der Waals surface area contributed by atoms with Crippen LogP contribution in [0.2, 0.25) is 0 Å². The van der Waals surface area contributed by atoms with Gasteiger partial charge in [0, 0.05) is 31.4 Å². The van der Waals surface area contributed by atoms with Crippen LogP contribution in [0.4, 0.5) is 0 Å². The number of aliphatic imine (C=N–C) groups is 1. The molecule has 130 valence electrons. The molecule has 0 spiro atoms. The van der Waals surface area contributed by atoms with Crippen molar-refractivity contribution in [1.82, 2.24) is 10.3 Å². The van der Waals surface area contributed by atoms with Crippen molar-refractivity contribution in [3.8, 4) is 11.5 Å². The standard InChI is InChI=1S/C17H22N4O2.HI/c1-23-16-12-13(5-6-15(16)22)7-10-20-17(18)21-11-8-14-4-2-3-9-19-14;/h2-6,9,12,22H,7-8,10-11H2,1H3,(H3,18,20,21);1H. The van der Waals surface area contributed by atoms with Gasteiger partial charge in [-0.2, -0.15) is 0 Å². The summed E-state index contributed by atoms with van der Waals surface area (Å²) in [7, 11) is 1.53.